The molecule has 2 atom stereocenters. The Balaban J connectivity index is 1.74. The lowest BCUT2D eigenvalue weighted by molar-refractivity contribution is -0.00357. The van der Waals surface area contributed by atoms with Gasteiger partial charge in [-0.3, -0.25) is 4.90 Å². The summed E-state index contributed by atoms with van der Waals surface area (Å²) in [5.74, 6) is 0.686. The molecule has 0 aliphatic carbocycles. The fourth-order valence-electron chi connectivity index (χ4n) is 2.72. The van der Waals surface area contributed by atoms with Gasteiger partial charge in [-0.05, 0) is 43.5 Å². The van der Waals surface area contributed by atoms with E-state index in [2.05, 4.69) is 48.3 Å². The quantitative estimate of drug-likeness (QED) is 0.883. The van der Waals surface area contributed by atoms with Crippen molar-refractivity contribution in [2.45, 2.75) is 26.4 Å². The second kappa shape index (κ2) is 6.92. The van der Waals surface area contributed by atoms with E-state index in [-0.39, 0.29) is 0 Å². The first-order chi connectivity index (χ1) is 9.19. The molecule has 0 saturated carbocycles. The van der Waals surface area contributed by atoms with E-state index < -0.39 is 0 Å². The normalized spacial score (nSPS) is 24.4. The molecule has 2 unspecified atom stereocenters. The van der Waals surface area contributed by atoms with Gasteiger partial charge in [0.2, 0.25) is 0 Å². The van der Waals surface area contributed by atoms with Gasteiger partial charge in [0.05, 0.1) is 6.10 Å². The first kappa shape index (κ1) is 14.4. The number of nitrogens with zero attached hydrogens (tertiary/aromatic N) is 1. The lowest BCUT2D eigenvalue weighted by Crippen LogP contribution is -2.45. The maximum Gasteiger partial charge on any atom is 0.0724 e. The summed E-state index contributed by atoms with van der Waals surface area (Å²) in [6, 6.07) is 8.54. The summed E-state index contributed by atoms with van der Waals surface area (Å²) in [4.78, 5) is 2.50. The lowest BCUT2D eigenvalue weighted by Gasteiger charge is -2.36. The lowest BCUT2D eigenvalue weighted by atomic mass is 9.96. The third kappa shape index (κ3) is 4.22. The molecule has 0 spiro atoms. The SMILES string of the molecule is COC1CN(CCNc2cccc(C)c2)CCC1C. The number of anilines is 1. The smallest absolute Gasteiger partial charge is 0.0724 e. The van der Waals surface area contributed by atoms with Crippen molar-refractivity contribution < 1.29 is 4.74 Å². The zero-order chi connectivity index (χ0) is 13.7. The van der Waals surface area contributed by atoms with Gasteiger partial charge in [-0.25, -0.2) is 0 Å². The van der Waals surface area contributed by atoms with Crippen LogP contribution in [0.2, 0.25) is 0 Å². The van der Waals surface area contributed by atoms with Crippen LogP contribution in [0.15, 0.2) is 24.3 Å². The Hall–Kier alpha value is -1.06. The number of hydrogen-bond donors (Lipinski definition) is 1. The molecule has 19 heavy (non-hydrogen) atoms. The molecular weight excluding hydrogens is 236 g/mol. The third-order valence-corrected chi connectivity index (χ3v) is 4.05. The molecule has 1 aliphatic rings. The van der Waals surface area contributed by atoms with Gasteiger partial charge in [0.25, 0.3) is 0 Å². The predicted molar refractivity (Wildman–Crippen MR) is 80.7 cm³/mol. The van der Waals surface area contributed by atoms with Crippen LogP contribution >= 0.6 is 0 Å². The van der Waals surface area contributed by atoms with Crippen LogP contribution in [0.25, 0.3) is 0 Å². The largest absolute Gasteiger partial charge is 0.384 e. The van der Waals surface area contributed by atoms with Gasteiger partial charge in [0, 0.05) is 32.4 Å². The molecule has 1 aromatic rings. The van der Waals surface area contributed by atoms with E-state index in [4.69, 9.17) is 4.74 Å². The van der Waals surface area contributed by atoms with Crippen molar-refractivity contribution in [3.05, 3.63) is 29.8 Å². The molecule has 0 bridgehead atoms. The highest BCUT2D eigenvalue weighted by Crippen LogP contribution is 2.19. The van der Waals surface area contributed by atoms with Crippen molar-refractivity contribution >= 4 is 5.69 Å². The summed E-state index contributed by atoms with van der Waals surface area (Å²) in [7, 11) is 1.83. The van der Waals surface area contributed by atoms with E-state index in [0.29, 0.717) is 12.0 Å². The molecule has 3 heteroatoms. The van der Waals surface area contributed by atoms with Crippen LogP contribution in [-0.4, -0.2) is 44.3 Å². The Morgan fingerprint density at radius 1 is 1.42 bits per heavy atom. The number of ether oxygens (including phenoxy) is 1. The number of hydrogen-bond acceptors (Lipinski definition) is 3. The minimum absolute atomic E-state index is 0.396. The minimum atomic E-state index is 0.396. The van der Waals surface area contributed by atoms with Crippen molar-refractivity contribution in [3.63, 3.8) is 0 Å². The van der Waals surface area contributed by atoms with Crippen LogP contribution in [0.5, 0.6) is 0 Å². The Morgan fingerprint density at radius 2 is 2.26 bits per heavy atom. The van der Waals surface area contributed by atoms with E-state index in [1.165, 1.54) is 24.2 Å². The number of likely N-dealkylation sites (tertiary alicyclic amines) is 1. The third-order valence-electron chi connectivity index (χ3n) is 4.05. The monoisotopic (exact) mass is 262 g/mol. The minimum Gasteiger partial charge on any atom is -0.384 e. The van der Waals surface area contributed by atoms with Crippen molar-refractivity contribution in [1.82, 2.24) is 4.90 Å². The number of rotatable bonds is 5. The molecule has 0 amide bonds. The first-order valence-electron chi connectivity index (χ1n) is 7.24. The van der Waals surface area contributed by atoms with Crippen LogP contribution < -0.4 is 5.32 Å². The number of aryl methyl sites for hydroxylation is 1. The highest BCUT2D eigenvalue weighted by Gasteiger charge is 2.25. The van der Waals surface area contributed by atoms with Gasteiger partial charge in [0.1, 0.15) is 0 Å². The maximum absolute atomic E-state index is 5.55. The van der Waals surface area contributed by atoms with Crippen molar-refractivity contribution in [2.75, 3.05) is 38.6 Å². The number of piperidine rings is 1. The summed E-state index contributed by atoms with van der Waals surface area (Å²) in [5, 5.41) is 3.49. The average molecular weight is 262 g/mol. The molecule has 0 radical (unpaired) electrons. The van der Waals surface area contributed by atoms with Gasteiger partial charge < -0.3 is 10.1 Å². The molecule has 1 aromatic carbocycles. The summed E-state index contributed by atoms with van der Waals surface area (Å²) >= 11 is 0. The van der Waals surface area contributed by atoms with E-state index >= 15 is 0 Å². The molecule has 3 nitrogen and oxygen atoms in total. The highest BCUT2D eigenvalue weighted by atomic mass is 16.5. The summed E-state index contributed by atoms with van der Waals surface area (Å²) in [5.41, 5.74) is 2.52. The van der Waals surface area contributed by atoms with Gasteiger partial charge in [-0.15, -0.1) is 0 Å². The number of methoxy groups -OCH3 is 1. The zero-order valence-electron chi connectivity index (χ0n) is 12.4. The summed E-state index contributed by atoms with van der Waals surface area (Å²) < 4.78 is 5.55. The second-order valence-corrected chi connectivity index (χ2v) is 5.64. The predicted octanol–water partition coefficient (Wildman–Crippen LogP) is 2.76. The van der Waals surface area contributed by atoms with Crippen LogP contribution in [0.1, 0.15) is 18.9 Å². The summed E-state index contributed by atoms with van der Waals surface area (Å²) in [6.07, 6.45) is 1.64. The summed E-state index contributed by atoms with van der Waals surface area (Å²) in [6.45, 7) is 8.75. The Bertz CT molecular complexity index is 394. The zero-order valence-corrected chi connectivity index (χ0v) is 12.4. The van der Waals surface area contributed by atoms with E-state index in [0.717, 1.165) is 19.6 Å². The fourth-order valence-corrected chi connectivity index (χ4v) is 2.72. The molecule has 106 valence electrons. The Morgan fingerprint density at radius 3 is 3.00 bits per heavy atom. The first-order valence-corrected chi connectivity index (χ1v) is 7.24. The second-order valence-electron chi connectivity index (χ2n) is 5.64. The molecule has 1 aliphatic heterocycles. The van der Waals surface area contributed by atoms with Crippen LogP contribution in [-0.2, 0) is 4.74 Å². The molecule has 0 aromatic heterocycles. The molecule has 2 rings (SSSR count). The topological polar surface area (TPSA) is 24.5 Å². The van der Waals surface area contributed by atoms with Gasteiger partial charge in [-0.1, -0.05) is 19.1 Å². The van der Waals surface area contributed by atoms with Crippen molar-refractivity contribution in [3.8, 4) is 0 Å². The molecule has 1 N–H and O–H groups in total. The van der Waals surface area contributed by atoms with E-state index in [1.807, 2.05) is 7.11 Å². The molecule has 1 fully saturated rings. The van der Waals surface area contributed by atoms with Gasteiger partial charge >= 0.3 is 0 Å². The molecule has 1 heterocycles. The number of nitrogens with one attached hydrogen (secondary N) is 1. The maximum atomic E-state index is 5.55. The standard InChI is InChI=1S/C16H26N2O/c1-13-5-4-6-15(11-13)17-8-10-18-9-7-14(2)16(12-18)19-3/h4-6,11,14,16-17H,7-10,12H2,1-3H3. The number of benzene rings is 1. The molecular formula is C16H26N2O. The van der Waals surface area contributed by atoms with Crippen molar-refractivity contribution in [1.29, 1.82) is 0 Å². The Labute approximate surface area is 116 Å². The van der Waals surface area contributed by atoms with Crippen LogP contribution in [0.4, 0.5) is 5.69 Å². The molecule has 1 saturated heterocycles. The fraction of sp³-hybridized carbons (Fsp3) is 0.625. The Kier molecular flexibility index (Phi) is 5.23. The van der Waals surface area contributed by atoms with Crippen LogP contribution in [0.3, 0.4) is 0 Å². The van der Waals surface area contributed by atoms with E-state index in [1.54, 1.807) is 0 Å². The van der Waals surface area contributed by atoms with E-state index in [9.17, 15) is 0 Å². The van der Waals surface area contributed by atoms with Crippen LogP contribution in [0, 0.1) is 12.8 Å². The van der Waals surface area contributed by atoms with Gasteiger partial charge in [-0.2, -0.15) is 0 Å². The highest BCUT2D eigenvalue weighted by molar-refractivity contribution is 5.45. The van der Waals surface area contributed by atoms with Gasteiger partial charge in [0.15, 0.2) is 0 Å². The average Bonchev–Trinajstić information content (AvgIpc) is 2.41. The van der Waals surface area contributed by atoms with Crippen molar-refractivity contribution in [2.24, 2.45) is 5.92 Å².